The molecule has 0 aliphatic heterocycles. The molecule has 0 radical (unpaired) electrons. The summed E-state index contributed by atoms with van der Waals surface area (Å²) >= 11 is 1.79. The van der Waals surface area contributed by atoms with E-state index in [1.165, 1.54) is 16.1 Å². The van der Waals surface area contributed by atoms with Crippen molar-refractivity contribution in [3.05, 3.63) is 39.7 Å². The second-order valence-electron chi connectivity index (χ2n) is 3.80. The highest BCUT2D eigenvalue weighted by Gasteiger charge is 2.03. The Morgan fingerprint density at radius 3 is 2.82 bits per heavy atom. The number of rotatable bonds is 5. The van der Waals surface area contributed by atoms with Crippen LogP contribution in [0.3, 0.4) is 0 Å². The molecule has 2 rings (SSSR count). The van der Waals surface area contributed by atoms with Gasteiger partial charge in [-0.25, -0.2) is 4.98 Å². The SMILES string of the molecule is Cc1nc(C)c(CCNCc2ccoc2)s1.Cl. The van der Waals surface area contributed by atoms with Gasteiger partial charge in [0, 0.05) is 23.5 Å². The lowest BCUT2D eigenvalue weighted by Gasteiger charge is -2.01. The maximum Gasteiger partial charge on any atom is 0.0947 e. The fourth-order valence-electron chi connectivity index (χ4n) is 1.63. The van der Waals surface area contributed by atoms with E-state index in [2.05, 4.69) is 24.1 Å². The van der Waals surface area contributed by atoms with Crippen molar-refractivity contribution in [3.8, 4) is 0 Å². The van der Waals surface area contributed by atoms with E-state index >= 15 is 0 Å². The van der Waals surface area contributed by atoms with Crippen molar-refractivity contribution in [2.75, 3.05) is 6.54 Å². The third-order valence-corrected chi connectivity index (χ3v) is 3.57. The smallest absolute Gasteiger partial charge is 0.0947 e. The predicted octanol–water partition coefficient (Wildman–Crippen LogP) is 3.11. The lowest BCUT2D eigenvalue weighted by atomic mass is 10.3. The minimum atomic E-state index is 0. The number of aryl methyl sites for hydroxylation is 2. The first-order valence-corrected chi connectivity index (χ1v) is 6.22. The molecule has 0 atom stereocenters. The van der Waals surface area contributed by atoms with Crippen LogP contribution in [-0.4, -0.2) is 11.5 Å². The predicted molar refractivity (Wildman–Crippen MR) is 73.0 cm³/mol. The molecule has 0 aromatic carbocycles. The molecule has 1 N–H and O–H groups in total. The lowest BCUT2D eigenvalue weighted by molar-refractivity contribution is 0.560. The first kappa shape index (κ1) is 14.2. The number of furan rings is 1. The fourth-order valence-corrected chi connectivity index (χ4v) is 2.57. The van der Waals surface area contributed by atoms with Gasteiger partial charge in [-0.3, -0.25) is 0 Å². The zero-order valence-corrected chi connectivity index (χ0v) is 11.7. The number of hydrogen-bond donors (Lipinski definition) is 1. The molecule has 0 saturated heterocycles. The quantitative estimate of drug-likeness (QED) is 0.850. The summed E-state index contributed by atoms with van der Waals surface area (Å²) in [7, 11) is 0. The molecular formula is C12H17ClN2OS. The van der Waals surface area contributed by atoms with Gasteiger partial charge in [0.1, 0.15) is 0 Å². The molecule has 2 aromatic rings. The van der Waals surface area contributed by atoms with Crippen LogP contribution in [0.25, 0.3) is 0 Å². The average Bonchev–Trinajstić information content (AvgIpc) is 2.84. The molecule has 0 aliphatic rings. The molecule has 3 nitrogen and oxygen atoms in total. The number of hydrogen-bond acceptors (Lipinski definition) is 4. The Balaban J connectivity index is 0.00000144. The largest absolute Gasteiger partial charge is 0.472 e. The summed E-state index contributed by atoms with van der Waals surface area (Å²) in [5, 5.41) is 4.55. The van der Waals surface area contributed by atoms with Crippen molar-refractivity contribution >= 4 is 23.7 Å². The molecule has 2 heterocycles. The Hall–Kier alpha value is -0.840. The van der Waals surface area contributed by atoms with Crippen molar-refractivity contribution in [3.63, 3.8) is 0 Å². The number of halogens is 1. The summed E-state index contributed by atoms with van der Waals surface area (Å²) in [6.45, 7) is 5.98. The molecule has 17 heavy (non-hydrogen) atoms. The Kier molecular flexibility index (Phi) is 5.68. The molecule has 0 saturated carbocycles. The number of nitrogens with zero attached hydrogens (tertiary/aromatic N) is 1. The molecule has 0 unspecified atom stereocenters. The van der Waals surface area contributed by atoms with Crippen molar-refractivity contribution in [1.29, 1.82) is 0 Å². The number of nitrogens with one attached hydrogen (secondary N) is 1. The van der Waals surface area contributed by atoms with Crippen LogP contribution in [0.1, 0.15) is 21.1 Å². The molecule has 0 amide bonds. The van der Waals surface area contributed by atoms with Crippen molar-refractivity contribution in [2.24, 2.45) is 0 Å². The minimum Gasteiger partial charge on any atom is -0.472 e. The standard InChI is InChI=1S/C12H16N2OS.ClH/c1-9-12(16-10(2)14-9)3-5-13-7-11-4-6-15-8-11;/h4,6,8,13H,3,5,7H2,1-2H3;1H. The van der Waals surface area contributed by atoms with E-state index in [9.17, 15) is 0 Å². The van der Waals surface area contributed by atoms with E-state index in [4.69, 9.17) is 4.42 Å². The Morgan fingerprint density at radius 1 is 1.41 bits per heavy atom. The van der Waals surface area contributed by atoms with Crippen LogP contribution in [0.5, 0.6) is 0 Å². The second-order valence-corrected chi connectivity index (χ2v) is 5.09. The zero-order chi connectivity index (χ0) is 11.4. The minimum absolute atomic E-state index is 0. The Bertz CT molecular complexity index is 439. The Labute approximate surface area is 112 Å². The van der Waals surface area contributed by atoms with Gasteiger partial charge in [0.15, 0.2) is 0 Å². The molecule has 5 heteroatoms. The van der Waals surface area contributed by atoms with Gasteiger partial charge in [-0.15, -0.1) is 23.7 Å². The van der Waals surface area contributed by atoms with Crippen molar-refractivity contribution in [2.45, 2.75) is 26.8 Å². The van der Waals surface area contributed by atoms with E-state index in [1.54, 1.807) is 23.9 Å². The molecular weight excluding hydrogens is 256 g/mol. The molecule has 0 aliphatic carbocycles. The lowest BCUT2D eigenvalue weighted by Crippen LogP contribution is -2.16. The summed E-state index contributed by atoms with van der Waals surface area (Å²) in [6.07, 6.45) is 4.53. The van der Waals surface area contributed by atoms with Gasteiger partial charge in [-0.05, 0) is 26.3 Å². The van der Waals surface area contributed by atoms with Crippen molar-refractivity contribution < 1.29 is 4.42 Å². The fraction of sp³-hybridized carbons (Fsp3) is 0.417. The first-order chi connectivity index (χ1) is 7.75. The first-order valence-electron chi connectivity index (χ1n) is 5.40. The summed E-state index contributed by atoms with van der Waals surface area (Å²) in [5.74, 6) is 0. The molecule has 94 valence electrons. The average molecular weight is 273 g/mol. The summed E-state index contributed by atoms with van der Waals surface area (Å²) in [5.41, 5.74) is 2.37. The van der Waals surface area contributed by atoms with Crippen LogP contribution in [0.2, 0.25) is 0 Å². The van der Waals surface area contributed by atoms with Gasteiger partial charge in [0.2, 0.25) is 0 Å². The molecule has 2 aromatic heterocycles. The third kappa shape index (κ3) is 4.15. The summed E-state index contributed by atoms with van der Waals surface area (Å²) in [6, 6.07) is 1.98. The maximum absolute atomic E-state index is 5.00. The van der Waals surface area contributed by atoms with Gasteiger partial charge in [0.05, 0.1) is 23.2 Å². The van der Waals surface area contributed by atoms with E-state index in [0.717, 1.165) is 24.5 Å². The Morgan fingerprint density at radius 2 is 2.24 bits per heavy atom. The van der Waals surface area contributed by atoms with E-state index in [1.807, 2.05) is 6.07 Å². The van der Waals surface area contributed by atoms with E-state index in [-0.39, 0.29) is 12.4 Å². The van der Waals surface area contributed by atoms with Crippen LogP contribution in [-0.2, 0) is 13.0 Å². The van der Waals surface area contributed by atoms with E-state index in [0.29, 0.717) is 0 Å². The van der Waals surface area contributed by atoms with Gasteiger partial charge >= 0.3 is 0 Å². The van der Waals surface area contributed by atoms with Gasteiger partial charge in [0.25, 0.3) is 0 Å². The normalized spacial score (nSPS) is 10.2. The highest BCUT2D eigenvalue weighted by Crippen LogP contribution is 2.17. The highest BCUT2D eigenvalue weighted by molar-refractivity contribution is 7.11. The van der Waals surface area contributed by atoms with Gasteiger partial charge in [-0.2, -0.15) is 0 Å². The van der Waals surface area contributed by atoms with Crippen LogP contribution < -0.4 is 5.32 Å². The number of aromatic nitrogens is 1. The monoisotopic (exact) mass is 272 g/mol. The van der Waals surface area contributed by atoms with Gasteiger partial charge in [-0.1, -0.05) is 0 Å². The summed E-state index contributed by atoms with van der Waals surface area (Å²) < 4.78 is 5.00. The maximum atomic E-state index is 5.00. The third-order valence-electron chi connectivity index (χ3n) is 2.44. The highest BCUT2D eigenvalue weighted by atomic mass is 35.5. The van der Waals surface area contributed by atoms with Crippen LogP contribution in [0.15, 0.2) is 23.0 Å². The number of thiazole rings is 1. The van der Waals surface area contributed by atoms with Crippen LogP contribution in [0.4, 0.5) is 0 Å². The van der Waals surface area contributed by atoms with Crippen LogP contribution in [0, 0.1) is 13.8 Å². The molecule has 0 fully saturated rings. The molecule has 0 bridgehead atoms. The van der Waals surface area contributed by atoms with Gasteiger partial charge < -0.3 is 9.73 Å². The molecule has 0 spiro atoms. The second kappa shape index (κ2) is 6.79. The van der Waals surface area contributed by atoms with Crippen LogP contribution >= 0.6 is 23.7 Å². The summed E-state index contributed by atoms with van der Waals surface area (Å²) in [4.78, 5) is 5.80. The topological polar surface area (TPSA) is 38.1 Å². The van der Waals surface area contributed by atoms with E-state index < -0.39 is 0 Å². The zero-order valence-electron chi connectivity index (χ0n) is 10.0. The van der Waals surface area contributed by atoms with Crippen molar-refractivity contribution in [1.82, 2.24) is 10.3 Å².